The molecule has 126 valence electrons. The lowest BCUT2D eigenvalue weighted by atomic mass is 10.1. The quantitative estimate of drug-likeness (QED) is 0.581. The minimum absolute atomic E-state index is 0.0187. The number of hydrogen-bond acceptors (Lipinski definition) is 5. The molecule has 1 N–H and O–H groups in total. The number of nitro groups is 1. The molecule has 0 spiro atoms. The first kappa shape index (κ1) is 18.0. The van der Waals surface area contributed by atoms with Crippen LogP contribution in [0.25, 0.3) is 0 Å². The SMILES string of the molecule is COc1cc(NC(=O)c2cc([N+](=O)[O-])ccc2Cl)c(OC)cc1Br. The van der Waals surface area contributed by atoms with E-state index in [9.17, 15) is 14.9 Å². The lowest BCUT2D eigenvalue weighted by Crippen LogP contribution is -2.13. The monoisotopic (exact) mass is 414 g/mol. The second-order valence-electron chi connectivity index (χ2n) is 4.56. The van der Waals surface area contributed by atoms with Crippen LogP contribution >= 0.6 is 27.5 Å². The second kappa shape index (κ2) is 7.50. The molecular formula is C15H12BrClN2O5. The largest absolute Gasteiger partial charge is 0.495 e. The van der Waals surface area contributed by atoms with Crippen LogP contribution in [0, 0.1) is 10.1 Å². The van der Waals surface area contributed by atoms with Crippen molar-refractivity contribution in [3.8, 4) is 11.5 Å². The number of nitrogens with zero attached hydrogens (tertiary/aromatic N) is 1. The number of amides is 1. The van der Waals surface area contributed by atoms with E-state index in [1.165, 1.54) is 26.4 Å². The van der Waals surface area contributed by atoms with E-state index in [-0.39, 0.29) is 16.3 Å². The summed E-state index contributed by atoms with van der Waals surface area (Å²) in [4.78, 5) is 22.7. The van der Waals surface area contributed by atoms with Gasteiger partial charge in [0, 0.05) is 24.3 Å². The molecule has 0 aliphatic heterocycles. The lowest BCUT2D eigenvalue weighted by molar-refractivity contribution is -0.384. The van der Waals surface area contributed by atoms with Gasteiger partial charge in [-0.2, -0.15) is 0 Å². The molecule has 2 aromatic carbocycles. The zero-order valence-electron chi connectivity index (χ0n) is 12.6. The van der Waals surface area contributed by atoms with Crippen LogP contribution in [-0.4, -0.2) is 25.1 Å². The van der Waals surface area contributed by atoms with Gasteiger partial charge in [0.15, 0.2) is 0 Å². The van der Waals surface area contributed by atoms with Crippen LogP contribution in [0.5, 0.6) is 11.5 Å². The Bertz CT molecular complexity index is 813. The molecule has 2 rings (SSSR count). The molecular weight excluding hydrogens is 404 g/mol. The highest BCUT2D eigenvalue weighted by Crippen LogP contribution is 2.36. The summed E-state index contributed by atoms with van der Waals surface area (Å²) in [6.07, 6.45) is 0. The van der Waals surface area contributed by atoms with Gasteiger partial charge in [-0.3, -0.25) is 14.9 Å². The number of carbonyl (C=O) groups excluding carboxylic acids is 1. The number of methoxy groups -OCH3 is 2. The maximum Gasteiger partial charge on any atom is 0.270 e. The number of hydrogen-bond donors (Lipinski definition) is 1. The highest BCUT2D eigenvalue weighted by molar-refractivity contribution is 9.10. The van der Waals surface area contributed by atoms with E-state index < -0.39 is 10.8 Å². The van der Waals surface area contributed by atoms with Crippen LogP contribution in [0.4, 0.5) is 11.4 Å². The van der Waals surface area contributed by atoms with Gasteiger partial charge in [0.2, 0.25) is 0 Å². The predicted octanol–water partition coefficient (Wildman–Crippen LogP) is 4.28. The molecule has 0 radical (unpaired) electrons. The molecule has 9 heteroatoms. The van der Waals surface area contributed by atoms with Crippen molar-refractivity contribution >= 4 is 44.8 Å². The van der Waals surface area contributed by atoms with Crippen molar-refractivity contribution in [3.05, 3.63) is 55.5 Å². The van der Waals surface area contributed by atoms with Crippen molar-refractivity contribution in [3.63, 3.8) is 0 Å². The topological polar surface area (TPSA) is 90.7 Å². The van der Waals surface area contributed by atoms with Crippen molar-refractivity contribution in [2.24, 2.45) is 0 Å². The number of nitro benzene ring substituents is 1. The minimum Gasteiger partial charge on any atom is -0.495 e. The van der Waals surface area contributed by atoms with Crippen molar-refractivity contribution in [2.75, 3.05) is 19.5 Å². The number of carbonyl (C=O) groups is 1. The van der Waals surface area contributed by atoms with E-state index in [2.05, 4.69) is 21.2 Å². The first-order valence-corrected chi connectivity index (χ1v) is 7.71. The van der Waals surface area contributed by atoms with E-state index in [1.807, 2.05) is 0 Å². The highest BCUT2D eigenvalue weighted by atomic mass is 79.9. The van der Waals surface area contributed by atoms with Gasteiger partial charge in [-0.05, 0) is 22.0 Å². The van der Waals surface area contributed by atoms with Gasteiger partial charge in [0.05, 0.1) is 39.9 Å². The summed E-state index contributed by atoms with van der Waals surface area (Å²) in [6.45, 7) is 0. The summed E-state index contributed by atoms with van der Waals surface area (Å²) in [5.41, 5.74) is 0.0878. The summed E-state index contributed by atoms with van der Waals surface area (Å²) in [7, 11) is 2.93. The molecule has 0 saturated carbocycles. The third-order valence-corrected chi connectivity index (χ3v) is 4.08. The predicted molar refractivity (Wildman–Crippen MR) is 93.3 cm³/mol. The number of anilines is 1. The number of ether oxygens (including phenoxy) is 2. The second-order valence-corrected chi connectivity index (χ2v) is 5.82. The summed E-state index contributed by atoms with van der Waals surface area (Å²) in [5, 5.41) is 13.6. The molecule has 2 aromatic rings. The van der Waals surface area contributed by atoms with E-state index in [4.69, 9.17) is 21.1 Å². The van der Waals surface area contributed by atoms with E-state index in [0.29, 0.717) is 21.7 Å². The van der Waals surface area contributed by atoms with E-state index >= 15 is 0 Å². The molecule has 0 saturated heterocycles. The van der Waals surface area contributed by atoms with Crippen LogP contribution in [0.15, 0.2) is 34.8 Å². The van der Waals surface area contributed by atoms with Crippen LogP contribution in [0.3, 0.4) is 0 Å². The summed E-state index contributed by atoms with van der Waals surface area (Å²) in [5.74, 6) is 0.264. The zero-order chi connectivity index (χ0) is 17.9. The van der Waals surface area contributed by atoms with Gasteiger partial charge in [-0.1, -0.05) is 11.6 Å². The molecule has 0 aromatic heterocycles. The Hall–Kier alpha value is -2.32. The number of nitrogens with one attached hydrogen (secondary N) is 1. The van der Waals surface area contributed by atoms with Crippen LogP contribution in [0.1, 0.15) is 10.4 Å². The van der Waals surface area contributed by atoms with E-state index in [0.717, 1.165) is 6.07 Å². The van der Waals surface area contributed by atoms with Gasteiger partial charge in [-0.25, -0.2) is 0 Å². The van der Waals surface area contributed by atoms with Crippen molar-refractivity contribution < 1.29 is 19.2 Å². The summed E-state index contributed by atoms with van der Waals surface area (Å²) >= 11 is 9.29. The maximum absolute atomic E-state index is 12.4. The average Bonchev–Trinajstić information content (AvgIpc) is 2.55. The fourth-order valence-corrected chi connectivity index (χ4v) is 2.64. The third-order valence-electron chi connectivity index (χ3n) is 3.13. The molecule has 0 aliphatic rings. The number of halogens is 2. The highest BCUT2D eigenvalue weighted by Gasteiger charge is 2.18. The summed E-state index contributed by atoms with van der Waals surface area (Å²) < 4.78 is 11.0. The van der Waals surface area contributed by atoms with Crippen LogP contribution < -0.4 is 14.8 Å². The Balaban J connectivity index is 2.40. The molecule has 0 aliphatic carbocycles. The number of rotatable bonds is 5. The van der Waals surface area contributed by atoms with Gasteiger partial charge >= 0.3 is 0 Å². The molecule has 1 amide bonds. The molecule has 24 heavy (non-hydrogen) atoms. The zero-order valence-corrected chi connectivity index (χ0v) is 15.0. The van der Waals surface area contributed by atoms with Gasteiger partial charge in [-0.15, -0.1) is 0 Å². The minimum atomic E-state index is -0.605. The van der Waals surface area contributed by atoms with Crippen molar-refractivity contribution in [1.82, 2.24) is 0 Å². The Morgan fingerprint density at radius 3 is 2.46 bits per heavy atom. The third kappa shape index (κ3) is 3.77. The van der Waals surface area contributed by atoms with Crippen LogP contribution in [-0.2, 0) is 0 Å². The smallest absolute Gasteiger partial charge is 0.270 e. The molecule has 7 nitrogen and oxygen atoms in total. The molecule has 0 fully saturated rings. The molecule has 0 atom stereocenters. The molecule has 0 bridgehead atoms. The Labute approximate surface area is 150 Å². The molecule has 0 unspecified atom stereocenters. The number of benzene rings is 2. The first-order chi connectivity index (χ1) is 11.4. The Morgan fingerprint density at radius 2 is 1.88 bits per heavy atom. The lowest BCUT2D eigenvalue weighted by Gasteiger charge is -2.13. The van der Waals surface area contributed by atoms with Crippen molar-refractivity contribution in [2.45, 2.75) is 0 Å². The normalized spacial score (nSPS) is 10.2. The fraction of sp³-hybridized carbons (Fsp3) is 0.133. The van der Waals surface area contributed by atoms with Crippen LogP contribution in [0.2, 0.25) is 5.02 Å². The Kier molecular flexibility index (Phi) is 5.63. The average molecular weight is 416 g/mol. The molecule has 0 heterocycles. The van der Waals surface area contributed by atoms with Crippen molar-refractivity contribution in [1.29, 1.82) is 0 Å². The van der Waals surface area contributed by atoms with E-state index in [1.54, 1.807) is 12.1 Å². The van der Waals surface area contributed by atoms with Gasteiger partial charge < -0.3 is 14.8 Å². The van der Waals surface area contributed by atoms with Gasteiger partial charge in [0.1, 0.15) is 11.5 Å². The standard InChI is InChI=1S/C15H12BrClN2O5/c1-23-13-7-12(14(24-2)6-10(13)16)18-15(20)9-5-8(19(21)22)3-4-11(9)17/h3-7H,1-2H3,(H,18,20). The number of non-ortho nitro benzene ring substituents is 1. The van der Waals surface area contributed by atoms with Gasteiger partial charge in [0.25, 0.3) is 11.6 Å². The maximum atomic E-state index is 12.4. The first-order valence-electron chi connectivity index (χ1n) is 6.54. The Morgan fingerprint density at radius 1 is 1.21 bits per heavy atom. The fourth-order valence-electron chi connectivity index (χ4n) is 1.95. The summed E-state index contributed by atoms with van der Waals surface area (Å²) in [6, 6.07) is 6.83.